The summed E-state index contributed by atoms with van der Waals surface area (Å²) in [7, 11) is 0. The summed E-state index contributed by atoms with van der Waals surface area (Å²) in [6.45, 7) is 0. The van der Waals surface area contributed by atoms with Crippen LogP contribution in [0, 0.1) is 0 Å². The van der Waals surface area contributed by atoms with Gasteiger partial charge < -0.3 is 4.42 Å². The summed E-state index contributed by atoms with van der Waals surface area (Å²) in [5, 5.41) is 11.8. The molecule has 0 fully saturated rings. The third kappa shape index (κ3) is 4.33. The number of furan rings is 1. The molecule has 3 heterocycles. The second-order valence-electron chi connectivity index (χ2n) is 13.9. The highest BCUT2D eigenvalue weighted by molar-refractivity contribution is 14.2. The average Bonchev–Trinajstić information content (AvgIpc) is 3.62. The zero-order valence-electron chi connectivity index (χ0n) is 28.8. The molecule has 0 atom stereocenters. The molecule has 0 amide bonds. The van der Waals surface area contributed by atoms with Gasteiger partial charge in [-0.05, 0) is 82.9 Å². The first kappa shape index (κ1) is 30.1. The van der Waals surface area contributed by atoms with Crippen LogP contribution in [0.4, 0.5) is 11.4 Å². The Bertz CT molecular complexity index is 3350. The molecule has 2 aliphatic heterocycles. The van der Waals surface area contributed by atoms with Crippen molar-refractivity contribution >= 4 is 110 Å². The summed E-state index contributed by atoms with van der Waals surface area (Å²) in [6.07, 6.45) is 0. The van der Waals surface area contributed by atoms with Gasteiger partial charge in [-0.3, -0.25) is 4.90 Å². The number of aliphatic imine (C=N–C) groups is 2. The molecule has 10 aromatic rings. The van der Waals surface area contributed by atoms with E-state index in [-0.39, 0.29) is 0 Å². The van der Waals surface area contributed by atoms with Crippen molar-refractivity contribution in [2.45, 2.75) is 0 Å². The van der Waals surface area contributed by atoms with Gasteiger partial charge in [0.25, 0.3) is 0 Å². The maximum Gasteiger partial charge on any atom is 0.174 e. The highest BCUT2D eigenvalue weighted by Gasteiger charge is 2.32. The summed E-state index contributed by atoms with van der Waals surface area (Å²) >= 11 is -0.936. The molecule has 252 valence electrons. The Morgan fingerprint density at radius 1 is 0.444 bits per heavy atom. The molecule has 9 aromatic carbocycles. The molecule has 0 aliphatic carbocycles. The lowest BCUT2D eigenvalue weighted by atomic mass is 9.89. The molecule has 0 unspecified atom stereocenters. The van der Waals surface area contributed by atoms with Crippen LogP contribution in [-0.4, -0.2) is 13.3 Å². The fourth-order valence-electron chi connectivity index (χ4n) is 8.56. The van der Waals surface area contributed by atoms with Gasteiger partial charge in [-0.15, -0.1) is 0 Å². The van der Waals surface area contributed by atoms with Crippen molar-refractivity contribution < 1.29 is 4.42 Å². The summed E-state index contributed by atoms with van der Waals surface area (Å²) < 4.78 is 8.73. The second kappa shape index (κ2) is 11.5. The van der Waals surface area contributed by atoms with E-state index in [1.807, 2.05) is 6.07 Å². The Kier molecular flexibility index (Phi) is 6.42. The van der Waals surface area contributed by atoms with Crippen LogP contribution in [0.2, 0.25) is 0 Å². The van der Waals surface area contributed by atoms with E-state index < -0.39 is 20.7 Å². The van der Waals surface area contributed by atoms with E-state index in [1.54, 1.807) is 0 Å². The maximum absolute atomic E-state index is 6.67. The Morgan fingerprint density at radius 3 is 2.00 bits per heavy atom. The lowest BCUT2D eigenvalue weighted by molar-refractivity contribution is 0.668. The van der Waals surface area contributed by atoms with Crippen LogP contribution < -0.4 is 4.90 Å². The zero-order chi connectivity index (χ0) is 35.3. The van der Waals surface area contributed by atoms with E-state index in [4.69, 9.17) is 14.4 Å². The Morgan fingerprint density at radius 2 is 1.11 bits per heavy atom. The molecular weight excluding hydrogens is 773 g/mol. The number of anilines is 2. The predicted octanol–water partition coefficient (Wildman–Crippen LogP) is 13.3. The first-order chi connectivity index (χ1) is 26.8. The first-order valence-corrected chi connectivity index (χ1v) is 20.3. The highest BCUT2D eigenvalue weighted by Crippen LogP contribution is 2.52. The van der Waals surface area contributed by atoms with Crippen molar-refractivity contribution in [3.8, 4) is 11.1 Å². The SMILES string of the molecule is c1ccc2c3c(ccc2c1)-c1cccc2cccc(c12)N3C1=NC(c2cc3ccccc3c3ccccc23)=NC(c2cccc3c2oc2ccccc23)=I1. The molecule has 54 heavy (non-hydrogen) atoms. The van der Waals surface area contributed by atoms with Crippen molar-refractivity contribution in [3.05, 3.63) is 181 Å². The summed E-state index contributed by atoms with van der Waals surface area (Å²) in [5.41, 5.74) is 8.59. The average molecular weight is 802 g/mol. The number of halogens is 1. The Labute approximate surface area is 320 Å². The van der Waals surface area contributed by atoms with Gasteiger partial charge in [0.15, 0.2) is 9.68 Å². The summed E-state index contributed by atoms with van der Waals surface area (Å²) in [5.74, 6) is 0.717. The molecule has 0 saturated heterocycles. The topological polar surface area (TPSA) is 41.1 Å². The molecule has 1 aromatic heterocycles. The molecule has 4 nitrogen and oxygen atoms in total. The summed E-state index contributed by atoms with van der Waals surface area (Å²) in [4.78, 5) is 13.7. The van der Waals surface area contributed by atoms with Gasteiger partial charge in [-0.1, -0.05) is 146 Å². The molecule has 2 aliphatic rings. The quantitative estimate of drug-likeness (QED) is 0.0992. The van der Waals surface area contributed by atoms with E-state index in [9.17, 15) is 0 Å². The Balaban J connectivity index is 1.20. The number of rotatable bonds is 2. The van der Waals surface area contributed by atoms with Crippen LogP contribution in [0.1, 0.15) is 11.1 Å². The largest absolute Gasteiger partial charge is 0.455 e. The van der Waals surface area contributed by atoms with Crippen molar-refractivity contribution in [3.63, 3.8) is 0 Å². The van der Waals surface area contributed by atoms with E-state index in [2.05, 4.69) is 169 Å². The van der Waals surface area contributed by atoms with Crippen LogP contribution >= 0.6 is 20.7 Å². The third-order valence-corrected chi connectivity index (χ3v) is 13.5. The van der Waals surface area contributed by atoms with Crippen molar-refractivity contribution in [1.29, 1.82) is 0 Å². The van der Waals surface area contributed by atoms with Gasteiger partial charge in [-0.25, -0.2) is 9.98 Å². The number of benzene rings is 9. The number of hydrogen-bond acceptors (Lipinski definition) is 4. The first-order valence-electron chi connectivity index (χ1n) is 18.1. The fraction of sp³-hybridized carbons (Fsp3) is 0. The lowest BCUT2D eigenvalue weighted by Gasteiger charge is -2.34. The molecule has 0 bridgehead atoms. The number of para-hydroxylation sites is 2. The molecule has 0 N–H and O–H groups in total. The highest BCUT2D eigenvalue weighted by atomic mass is 127. The fourth-order valence-corrected chi connectivity index (χ4v) is 11.2. The molecule has 0 spiro atoms. The minimum absolute atomic E-state index is 0.717. The Hall–Kier alpha value is -6.44. The molecular formula is C49H28IN3O. The third-order valence-electron chi connectivity index (χ3n) is 10.9. The van der Waals surface area contributed by atoms with Crippen LogP contribution in [0.15, 0.2) is 184 Å². The van der Waals surface area contributed by atoms with E-state index >= 15 is 0 Å². The zero-order valence-corrected chi connectivity index (χ0v) is 31.0. The number of amidine groups is 2. The van der Waals surface area contributed by atoms with E-state index in [1.165, 1.54) is 54.5 Å². The normalized spacial score (nSPS) is 14.0. The maximum atomic E-state index is 6.67. The minimum Gasteiger partial charge on any atom is -0.455 e. The van der Waals surface area contributed by atoms with Gasteiger partial charge in [0.1, 0.15) is 14.8 Å². The van der Waals surface area contributed by atoms with E-state index in [0.717, 1.165) is 51.6 Å². The minimum atomic E-state index is -0.936. The van der Waals surface area contributed by atoms with Gasteiger partial charge >= 0.3 is 0 Å². The van der Waals surface area contributed by atoms with Gasteiger partial charge in [-0.2, -0.15) is 0 Å². The van der Waals surface area contributed by atoms with Crippen LogP contribution in [0.3, 0.4) is 0 Å². The number of hydrogen-bond donors (Lipinski definition) is 0. The smallest absolute Gasteiger partial charge is 0.174 e. The van der Waals surface area contributed by atoms with Crippen molar-refractivity contribution in [2.24, 2.45) is 9.98 Å². The number of nitrogens with zero attached hydrogens (tertiary/aromatic N) is 3. The van der Waals surface area contributed by atoms with E-state index in [0.29, 0.717) is 5.84 Å². The molecule has 0 radical (unpaired) electrons. The number of fused-ring (bicyclic) bond motifs is 10. The predicted molar refractivity (Wildman–Crippen MR) is 236 cm³/mol. The van der Waals surface area contributed by atoms with Gasteiger partial charge in [0.2, 0.25) is 0 Å². The van der Waals surface area contributed by atoms with Crippen LogP contribution in [0.5, 0.6) is 0 Å². The van der Waals surface area contributed by atoms with Crippen LogP contribution in [0.25, 0.3) is 76.2 Å². The molecule has 12 rings (SSSR count). The standard InChI is InChI=1S/C49H28IN3O/c1-4-17-33-29(12-1)26-27-38-37-21-9-14-30-15-10-24-42(44(30)37)53(45(33)38)49-50-47(40-23-11-22-39-36-20-7-8-25-43(36)54-46(39)40)51-48(52-49)41-28-31-13-2-3-16-32(31)34-18-5-6-19-35(34)41/h1-28H. The van der Waals surface area contributed by atoms with Crippen molar-refractivity contribution in [1.82, 2.24) is 0 Å². The van der Waals surface area contributed by atoms with Gasteiger partial charge in [0.05, 0.1) is 11.4 Å². The molecule has 5 heteroatoms. The second-order valence-corrected chi connectivity index (χ2v) is 16.4. The summed E-state index contributed by atoms with van der Waals surface area (Å²) in [6, 6.07) is 60.9. The molecule has 0 saturated carbocycles. The lowest BCUT2D eigenvalue weighted by Crippen LogP contribution is -2.28. The van der Waals surface area contributed by atoms with Gasteiger partial charge in [0, 0.05) is 38.2 Å². The van der Waals surface area contributed by atoms with Crippen molar-refractivity contribution in [2.75, 3.05) is 4.90 Å². The monoisotopic (exact) mass is 801 g/mol. The van der Waals surface area contributed by atoms with Crippen LogP contribution in [-0.2, 0) is 0 Å².